The van der Waals surface area contributed by atoms with Crippen LogP contribution in [0.1, 0.15) is 54.3 Å². The third kappa shape index (κ3) is 2.27. The van der Waals surface area contributed by atoms with Gasteiger partial charge in [0.1, 0.15) is 10.7 Å². The largest absolute Gasteiger partial charge is 0.222 e. The smallest absolute Gasteiger partial charge is 0.168 e. The van der Waals surface area contributed by atoms with Gasteiger partial charge < -0.3 is 0 Å². The van der Waals surface area contributed by atoms with Crippen molar-refractivity contribution in [3.63, 3.8) is 0 Å². The fourth-order valence-corrected chi connectivity index (χ4v) is 5.32. The second kappa shape index (κ2) is 5.46. The van der Waals surface area contributed by atoms with E-state index >= 15 is 0 Å². The average Bonchev–Trinajstić information content (AvgIpc) is 3.15. The van der Waals surface area contributed by atoms with Crippen molar-refractivity contribution in [1.29, 1.82) is 0 Å². The van der Waals surface area contributed by atoms with Crippen LogP contribution in [0.25, 0.3) is 16.0 Å². The van der Waals surface area contributed by atoms with E-state index in [1.54, 1.807) is 0 Å². The second-order valence-corrected chi connectivity index (χ2v) is 8.38. The van der Waals surface area contributed by atoms with Crippen LogP contribution in [0.2, 0.25) is 0 Å². The topological polar surface area (TPSA) is 56.5 Å². The summed E-state index contributed by atoms with van der Waals surface area (Å²) in [6, 6.07) is 0. The van der Waals surface area contributed by atoms with Crippen molar-refractivity contribution in [2.75, 3.05) is 0 Å². The number of fused-ring (bicyclic) bond motifs is 4. The van der Waals surface area contributed by atoms with Gasteiger partial charge in [-0.3, -0.25) is 0 Å². The number of aryl methyl sites for hydroxylation is 3. The van der Waals surface area contributed by atoms with Gasteiger partial charge in [-0.15, -0.1) is 16.4 Å². The molecule has 3 heterocycles. The molecule has 5 rings (SSSR count). The number of aromatic nitrogens is 5. The quantitative estimate of drug-likeness (QED) is 0.624. The van der Waals surface area contributed by atoms with Crippen molar-refractivity contribution in [2.45, 2.75) is 59.3 Å². The first-order chi connectivity index (χ1) is 12.1. The van der Waals surface area contributed by atoms with Crippen LogP contribution in [0, 0.1) is 6.92 Å². The van der Waals surface area contributed by atoms with Crippen LogP contribution in [-0.2, 0) is 25.7 Å². The summed E-state index contributed by atoms with van der Waals surface area (Å²) in [6.45, 7) is 6.38. The fourth-order valence-electron chi connectivity index (χ4n) is 4.02. The van der Waals surface area contributed by atoms with Crippen LogP contribution in [0.3, 0.4) is 0 Å². The van der Waals surface area contributed by atoms with E-state index in [2.05, 4.69) is 24.2 Å². The lowest BCUT2D eigenvalue weighted by molar-refractivity contribution is 0.698. The lowest BCUT2D eigenvalue weighted by Gasteiger charge is -2.16. The van der Waals surface area contributed by atoms with Gasteiger partial charge in [0, 0.05) is 17.7 Å². The molecule has 2 aliphatic carbocycles. The third-order valence-electron chi connectivity index (χ3n) is 5.55. The Hall–Kier alpha value is -2.08. The molecule has 0 fully saturated rings. The molecule has 5 nitrogen and oxygen atoms in total. The molecule has 0 aliphatic heterocycles. The maximum atomic E-state index is 4.82. The summed E-state index contributed by atoms with van der Waals surface area (Å²) in [7, 11) is 0. The summed E-state index contributed by atoms with van der Waals surface area (Å²) in [5.41, 5.74) is 6.57. The molecule has 0 saturated carbocycles. The molecule has 0 saturated heterocycles. The molecule has 0 atom stereocenters. The zero-order chi connectivity index (χ0) is 17.1. The van der Waals surface area contributed by atoms with Gasteiger partial charge in [0.05, 0.1) is 16.8 Å². The van der Waals surface area contributed by atoms with E-state index < -0.39 is 0 Å². The minimum Gasteiger partial charge on any atom is -0.222 e. The van der Waals surface area contributed by atoms with Crippen LogP contribution < -0.4 is 0 Å². The molecule has 0 N–H and O–H groups in total. The monoisotopic (exact) mass is 351 g/mol. The lowest BCUT2D eigenvalue weighted by atomic mass is 9.94. The first-order valence-corrected chi connectivity index (χ1v) is 9.81. The summed E-state index contributed by atoms with van der Waals surface area (Å²) in [4.78, 5) is 12.1. The van der Waals surface area contributed by atoms with Crippen molar-refractivity contribution in [3.05, 3.63) is 38.8 Å². The van der Waals surface area contributed by atoms with Gasteiger partial charge in [-0.1, -0.05) is 16.4 Å². The van der Waals surface area contributed by atoms with E-state index in [0.717, 1.165) is 41.4 Å². The lowest BCUT2D eigenvalue weighted by Crippen LogP contribution is -2.12. The Morgan fingerprint density at radius 2 is 1.76 bits per heavy atom. The van der Waals surface area contributed by atoms with Crippen LogP contribution in [0.5, 0.6) is 0 Å². The Morgan fingerprint density at radius 1 is 0.960 bits per heavy atom. The van der Waals surface area contributed by atoms with Gasteiger partial charge in [0.25, 0.3) is 0 Å². The molecule has 0 bridgehead atoms. The van der Waals surface area contributed by atoms with Crippen LogP contribution in [0.15, 0.2) is 11.1 Å². The number of hydrogen-bond donors (Lipinski definition) is 0. The van der Waals surface area contributed by atoms with Crippen LogP contribution in [0.4, 0.5) is 0 Å². The van der Waals surface area contributed by atoms with Gasteiger partial charge in [0.15, 0.2) is 5.82 Å². The number of allylic oxidation sites excluding steroid dienone is 2. The molecule has 0 radical (unpaired) electrons. The fraction of sp³-hybridized carbons (Fsp3) is 0.474. The predicted molar refractivity (Wildman–Crippen MR) is 99.5 cm³/mol. The number of rotatable bonds is 1. The Balaban J connectivity index is 1.77. The van der Waals surface area contributed by atoms with Gasteiger partial charge in [0.2, 0.25) is 0 Å². The maximum absolute atomic E-state index is 4.82. The van der Waals surface area contributed by atoms with Crippen LogP contribution in [-0.4, -0.2) is 25.0 Å². The van der Waals surface area contributed by atoms with Crippen molar-refractivity contribution in [3.8, 4) is 5.82 Å². The summed E-state index contributed by atoms with van der Waals surface area (Å²) in [5.74, 6) is 1.74. The Bertz CT molecular complexity index is 1040. The number of thiophene rings is 1. The average molecular weight is 351 g/mol. The van der Waals surface area contributed by atoms with E-state index in [1.807, 2.05) is 22.9 Å². The van der Waals surface area contributed by atoms with E-state index in [-0.39, 0.29) is 0 Å². The highest BCUT2D eigenvalue weighted by Crippen LogP contribution is 2.38. The predicted octanol–water partition coefficient (Wildman–Crippen LogP) is 3.89. The first-order valence-electron chi connectivity index (χ1n) is 8.99. The molecule has 0 amide bonds. The van der Waals surface area contributed by atoms with E-state index in [9.17, 15) is 0 Å². The highest BCUT2D eigenvalue weighted by Gasteiger charge is 2.26. The molecule has 128 valence electrons. The summed E-state index contributed by atoms with van der Waals surface area (Å²) >= 11 is 1.84. The van der Waals surface area contributed by atoms with Crippen molar-refractivity contribution >= 4 is 21.6 Å². The molecule has 0 spiro atoms. The number of hydrogen-bond acceptors (Lipinski definition) is 5. The molecule has 3 aromatic heterocycles. The standard InChI is InChI=1S/C19H21N5S/c1-10-8-14-15(9-11(10)2)24(23-22-14)18-17-13-6-4-5-7-16(13)25-19(17)21-12(3)20-18/h4-9H2,1-3H3. The van der Waals surface area contributed by atoms with E-state index in [4.69, 9.17) is 9.97 Å². The normalized spacial score (nSPS) is 17.1. The van der Waals surface area contributed by atoms with E-state index in [0.29, 0.717) is 0 Å². The second-order valence-electron chi connectivity index (χ2n) is 7.29. The molecule has 2 aliphatic rings. The highest BCUT2D eigenvalue weighted by atomic mass is 32.1. The first kappa shape index (κ1) is 15.2. The molecule has 6 heteroatoms. The summed E-state index contributed by atoms with van der Waals surface area (Å²) < 4.78 is 1.99. The third-order valence-corrected chi connectivity index (χ3v) is 6.73. The molecular weight excluding hydrogens is 330 g/mol. The van der Waals surface area contributed by atoms with Gasteiger partial charge in [-0.2, -0.15) is 4.68 Å². The Labute approximate surface area is 150 Å². The highest BCUT2D eigenvalue weighted by molar-refractivity contribution is 7.18. The van der Waals surface area contributed by atoms with Crippen molar-refractivity contribution in [1.82, 2.24) is 25.0 Å². The van der Waals surface area contributed by atoms with Gasteiger partial charge >= 0.3 is 0 Å². The summed E-state index contributed by atoms with van der Waals surface area (Å²) in [6.07, 6.45) is 6.64. The number of nitrogens with zero attached hydrogens (tertiary/aromatic N) is 5. The van der Waals surface area contributed by atoms with Crippen molar-refractivity contribution in [2.24, 2.45) is 0 Å². The minimum atomic E-state index is 0.810. The summed E-state index contributed by atoms with van der Waals surface area (Å²) in [5, 5.41) is 10.2. The zero-order valence-electron chi connectivity index (χ0n) is 14.9. The molecule has 0 unspecified atom stereocenters. The zero-order valence-corrected chi connectivity index (χ0v) is 15.7. The van der Waals surface area contributed by atoms with E-state index in [1.165, 1.54) is 51.9 Å². The SMILES string of the molecule is CC1=C(C)Cc2c(nnn2-c2nc(C)nc3sc4c(c23)CCCC4)C1. The molecule has 3 aromatic rings. The molecule has 25 heavy (non-hydrogen) atoms. The Morgan fingerprint density at radius 3 is 2.64 bits per heavy atom. The van der Waals surface area contributed by atoms with Crippen LogP contribution >= 0.6 is 11.3 Å². The maximum Gasteiger partial charge on any atom is 0.168 e. The molecule has 0 aromatic carbocycles. The van der Waals surface area contributed by atoms with Crippen molar-refractivity contribution < 1.29 is 0 Å². The molecular formula is C19H21N5S. The minimum absolute atomic E-state index is 0.810. The Kier molecular flexibility index (Phi) is 3.32. The van der Waals surface area contributed by atoms with Gasteiger partial charge in [-0.05, 0) is 52.0 Å². The van der Waals surface area contributed by atoms with Gasteiger partial charge in [-0.25, -0.2) is 9.97 Å².